The van der Waals surface area contributed by atoms with Crippen molar-refractivity contribution in [2.24, 2.45) is 5.10 Å². The van der Waals surface area contributed by atoms with Crippen LogP contribution in [0.4, 0.5) is 5.88 Å². The van der Waals surface area contributed by atoms with E-state index in [0.29, 0.717) is 5.71 Å². The average molecular weight is 335 g/mol. The zero-order chi connectivity index (χ0) is 17.6. The fourth-order valence-electron chi connectivity index (χ4n) is 2.20. The molecule has 0 aliphatic rings. The molecule has 0 atom stereocenters. The minimum absolute atomic E-state index is 0.184. The highest BCUT2D eigenvalue weighted by atomic mass is 16.6. The van der Waals surface area contributed by atoms with Crippen molar-refractivity contribution in [2.75, 3.05) is 0 Å². The SMILES string of the molecule is O=C(NN=C(c1ccccc1)c1ccccc1)c1ccc([N+](=O)[O-])o1. The predicted octanol–water partition coefficient (Wildman–Crippen LogP) is 3.37. The minimum Gasteiger partial charge on any atom is -0.395 e. The van der Waals surface area contributed by atoms with Crippen LogP contribution < -0.4 is 5.43 Å². The zero-order valence-corrected chi connectivity index (χ0v) is 13.0. The quantitative estimate of drug-likeness (QED) is 0.439. The molecule has 124 valence electrons. The van der Waals surface area contributed by atoms with Gasteiger partial charge in [0, 0.05) is 11.1 Å². The van der Waals surface area contributed by atoms with Gasteiger partial charge in [0.15, 0.2) is 0 Å². The van der Waals surface area contributed by atoms with Gasteiger partial charge in [-0.2, -0.15) is 5.10 Å². The summed E-state index contributed by atoms with van der Waals surface area (Å²) in [4.78, 5) is 22.0. The summed E-state index contributed by atoms with van der Waals surface area (Å²) >= 11 is 0. The molecule has 0 aliphatic carbocycles. The molecule has 3 aromatic rings. The maximum Gasteiger partial charge on any atom is 0.433 e. The molecular weight excluding hydrogens is 322 g/mol. The molecule has 0 saturated heterocycles. The molecule has 2 aromatic carbocycles. The Morgan fingerprint density at radius 2 is 1.48 bits per heavy atom. The summed E-state index contributed by atoms with van der Waals surface area (Å²) in [5.41, 5.74) is 4.58. The lowest BCUT2D eigenvalue weighted by Gasteiger charge is -2.07. The average Bonchev–Trinajstić information content (AvgIpc) is 3.14. The van der Waals surface area contributed by atoms with Crippen LogP contribution in [0, 0.1) is 10.1 Å². The van der Waals surface area contributed by atoms with E-state index < -0.39 is 16.7 Å². The van der Waals surface area contributed by atoms with Crippen molar-refractivity contribution in [3.05, 3.63) is 99.8 Å². The number of benzene rings is 2. The zero-order valence-electron chi connectivity index (χ0n) is 13.0. The minimum atomic E-state index is -0.709. The van der Waals surface area contributed by atoms with Gasteiger partial charge >= 0.3 is 11.8 Å². The molecule has 0 saturated carbocycles. The molecule has 0 fully saturated rings. The van der Waals surface area contributed by atoms with Crippen LogP contribution in [0.3, 0.4) is 0 Å². The van der Waals surface area contributed by atoms with Gasteiger partial charge < -0.3 is 4.42 Å². The van der Waals surface area contributed by atoms with Crippen LogP contribution in [0.1, 0.15) is 21.7 Å². The monoisotopic (exact) mass is 335 g/mol. The Bertz CT molecular complexity index is 876. The first kappa shape index (κ1) is 16.1. The van der Waals surface area contributed by atoms with E-state index in [4.69, 9.17) is 4.42 Å². The van der Waals surface area contributed by atoms with E-state index in [9.17, 15) is 14.9 Å². The maximum absolute atomic E-state index is 12.1. The van der Waals surface area contributed by atoms with Crippen molar-refractivity contribution < 1.29 is 14.1 Å². The van der Waals surface area contributed by atoms with Gasteiger partial charge in [0.2, 0.25) is 5.76 Å². The summed E-state index contributed by atoms with van der Waals surface area (Å²) in [7, 11) is 0. The summed E-state index contributed by atoms with van der Waals surface area (Å²) in [6, 6.07) is 21.1. The summed E-state index contributed by atoms with van der Waals surface area (Å²) < 4.78 is 4.87. The molecule has 0 bridgehead atoms. The van der Waals surface area contributed by atoms with Crippen molar-refractivity contribution in [3.63, 3.8) is 0 Å². The van der Waals surface area contributed by atoms with E-state index in [0.717, 1.165) is 17.2 Å². The first-order valence-electron chi connectivity index (χ1n) is 7.38. The van der Waals surface area contributed by atoms with E-state index in [1.54, 1.807) is 0 Å². The lowest BCUT2D eigenvalue weighted by Crippen LogP contribution is -2.20. The number of amides is 1. The number of hydrogen-bond donors (Lipinski definition) is 1. The molecule has 7 nitrogen and oxygen atoms in total. The van der Waals surface area contributed by atoms with Crippen molar-refractivity contribution >= 4 is 17.5 Å². The highest BCUT2D eigenvalue weighted by Crippen LogP contribution is 2.15. The second-order valence-electron chi connectivity index (χ2n) is 5.03. The van der Waals surface area contributed by atoms with Crippen molar-refractivity contribution in [1.29, 1.82) is 0 Å². The predicted molar refractivity (Wildman–Crippen MR) is 91.4 cm³/mol. The summed E-state index contributed by atoms with van der Waals surface area (Å²) in [6.45, 7) is 0. The molecular formula is C18H13N3O4. The third kappa shape index (κ3) is 3.78. The van der Waals surface area contributed by atoms with Gasteiger partial charge in [-0.3, -0.25) is 14.9 Å². The van der Waals surface area contributed by atoms with Gasteiger partial charge in [0.1, 0.15) is 4.92 Å². The lowest BCUT2D eigenvalue weighted by atomic mass is 10.0. The Hall–Kier alpha value is -3.74. The van der Waals surface area contributed by atoms with Crippen LogP contribution in [-0.4, -0.2) is 16.5 Å². The van der Waals surface area contributed by atoms with Crippen LogP contribution in [0.15, 0.2) is 82.3 Å². The van der Waals surface area contributed by atoms with E-state index in [-0.39, 0.29) is 5.76 Å². The molecule has 1 heterocycles. The highest BCUT2D eigenvalue weighted by Gasteiger charge is 2.17. The van der Waals surface area contributed by atoms with Crippen molar-refractivity contribution in [1.82, 2.24) is 5.43 Å². The van der Waals surface area contributed by atoms with Crippen molar-refractivity contribution in [3.8, 4) is 0 Å². The molecule has 1 amide bonds. The fraction of sp³-hybridized carbons (Fsp3) is 0. The summed E-state index contributed by atoms with van der Waals surface area (Å²) in [5, 5.41) is 14.8. The summed E-state index contributed by atoms with van der Waals surface area (Å²) in [5.74, 6) is -1.35. The van der Waals surface area contributed by atoms with Crippen LogP contribution >= 0.6 is 0 Å². The Morgan fingerprint density at radius 3 is 1.96 bits per heavy atom. The van der Waals surface area contributed by atoms with Gasteiger partial charge in [-0.05, 0) is 6.07 Å². The molecule has 3 rings (SSSR count). The smallest absolute Gasteiger partial charge is 0.395 e. The van der Waals surface area contributed by atoms with Crippen LogP contribution in [-0.2, 0) is 0 Å². The normalized spacial score (nSPS) is 10.1. The standard InChI is InChI=1S/C18H13N3O4/c22-18(15-11-12-16(25-15)21(23)24)20-19-17(13-7-3-1-4-8-13)14-9-5-2-6-10-14/h1-12H,(H,20,22). The lowest BCUT2D eigenvalue weighted by molar-refractivity contribution is -0.402. The Balaban J connectivity index is 1.88. The number of hydrazone groups is 1. The largest absolute Gasteiger partial charge is 0.433 e. The molecule has 1 N–H and O–H groups in total. The van der Waals surface area contributed by atoms with E-state index in [1.165, 1.54) is 6.07 Å². The first-order chi connectivity index (χ1) is 12.1. The molecule has 0 spiro atoms. The van der Waals surface area contributed by atoms with E-state index in [1.807, 2.05) is 60.7 Å². The van der Waals surface area contributed by atoms with Gasteiger partial charge in [0.05, 0.1) is 11.8 Å². The summed E-state index contributed by atoms with van der Waals surface area (Å²) in [6.07, 6.45) is 0. The second kappa shape index (κ2) is 7.22. The van der Waals surface area contributed by atoms with Gasteiger partial charge in [-0.15, -0.1) is 0 Å². The van der Waals surface area contributed by atoms with Gasteiger partial charge in [0.25, 0.3) is 0 Å². The molecule has 1 aromatic heterocycles. The number of nitrogens with one attached hydrogen (secondary N) is 1. The van der Waals surface area contributed by atoms with Crippen molar-refractivity contribution in [2.45, 2.75) is 0 Å². The number of nitro groups is 1. The number of carbonyl (C=O) groups excluding carboxylic acids is 1. The number of furan rings is 1. The Labute approximate surface area is 142 Å². The number of rotatable bonds is 5. The first-order valence-corrected chi connectivity index (χ1v) is 7.38. The van der Waals surface area contributed by atoms with E-state index in [2.05, 4.69) is 10.5 Å². The third-order valence-corrected chi connectivity index (χ3v) is 3.36. The number of nitrogens with zero attached hydrogens (tertiary/aromatic N) is 2. The molecule has 0 radical (unpaired) electrons. The molecule has 25 heavy (non-hydrogen) atoms. The van der Waals surface area contributed by atoms with Gasteiger partial charge in [-0.1, -0.05) is 60.7 Å². The molecule has 7 heteroatoms. The Kier molecular flexibility index (Phi) is 4.66. The maximum atomic E-state index is 12.1. The topological polar surface area (TPSA) is 97.7 Å². The van der Waals surface area contributed by atoms with Gasteiger partial charge in [-0.25, -0.2) is 5.43 Å². The third-order valence-electron chi connectivity index (χ3n) is 3.36. The number of hydrogen-bond acceptors (Lipinski definition) is 5. The highest BCUT2D eigenvalue weighted by molar-refractivity contribution is 6.13. The van der Waals surface area contributed by atoms with E-state index >= 15 is 0 Å². The fourth-order valence-corrected chi connectivity index (χ4v) is 2.20. The Morgan fingerprint density at radius 1 is 0.920 bits per heavy atom. The molecule has 0 unspecified atom stereocenters. The molecule has 0 aliphatic heterocycles. The van der Waals surface area contributed by atoms with Crippen LogP contribution in [0.25, 0.3) is 0 Å². The van der Waals surface area contributed by atoms with Crippen LogP contribution in [0.5, 0.6) is 0 Å². The van der Waals surface area contributed by atoms with Crippen LogP contribution in [0.2, 0.25) is 0 Å². The second-order valence-corrected chi connectivity index (χ2v) is 5.03. The number of carbonyl (C=O) groups is 1.